The van der Waals surface area contributed by atoms with Crippen LogP contribution in [0.2, 0.25) is 0 Å². The maximum Gasteiger partial charge on any atom is 0.250 e. The third-order valence-electron chi connectivity index (χ3n) is 4.22. The number of hydrogen-bond donors (Lipinski definition) is 0. The summed E-state index contributed by atoms with van der Waals surface area (Å²) in [6, 6.07) is 12.5. The Bertz CT molecular complexity index is 800. The summed E-state index contributed by atoms with van der Waals surface area (Å²) in [5, 5.41) is 6.13. The molecule has 0 unspecified atom stereocenters. The van der Waals surface area contributed by atoms with E-state index in [1.54, 1.807) is 11.3 Å². The molecule has 3 heterocycles. The van der Waals surface area contributed by atoms with E-state index in [1.165, 1.54) is 29.8 Å². The van der Waals surface area contributed by atoms with E-state index in [0.717, 1.165) is 18.7 Å². The minimum absolute atomic E-state index is 0.526. The van der Waals surface area contributed by atoms with Gasteiger partial charge in [-0.15, -0.1) is 11.3 Å². The molecule has 0 bridgehead atoms. The average Bonchev–Trinajstić information content (AvgIpc) is 3.33. The third-order valence-corrected chi connectivity index (χ3v) is 5.06. The number of anilines is 1. The Morgan fingerprint density at radius 1 is 1.00 bits per heavy atom. The summed E-state index contributed by atoms with van der Waals surface area (Å²) >= 11 is 1.68. The lowest BCUT2D eigenvalue weighted by Gasteiger charge is -2.28. The topological polar surface area (TPSA) is 42.2 Å². The fraction of sp³-hybridized carbons (Fsp3) is 0.263. The standard InChI is InChI=1S/C19H19N3OS/c1-2-12-22(13-3-1)16-8-6-15(7-9-16)19-20-18(23-21-19)11-10-17-5-4-14-24-17/h4-11,14H,1-3,12-13H2/b11-10+. The Morgan fingerprint density at radius 2 is 1.83 bits per heavy atom. The van der Waals surface area contributed by atoms with Crippen LogP contribution in [0.4, 0.5) is 5.69 Å². The molecular weight excluding hydrogens is 318 g/mol. The fourth-order valence-corrected chi connectivity index (χ4v) is 3.55. The highest BCUT2D eigenvalue weighted by atomic mass is 32.1. The van der Waals surface area contributed by atoms with Crippen LogP contribution in [0, 0.1) is 0 Å². The van der Waals surface area contributed by atoms with Crippen LogP contribution in [-0.4, -0.2) is 23.2 Å². The molecule has 2 aromatic heterocycles. The van der Waals surface area contributed by atoms with Crippen LogP contribution in [0.15, 0.2) is 46.3 Å². The van der Waals surface area contributed by atoms with Gasteiger partial charge in [0.15, 0.2) is 0 Å². The molecule has 0 N–H and O–H groups in total. The van der Waals surface area contributed by atoms with E-state index < -0.39 is 0 Å². The molecule has 1 aliphatic heterocycles. The highest BCUT2D eigenvalue weighted by Crippen LogP contribution is 2.24. The van der Waals surface area contributed by atoms with Gasteiger partial charge < -0.3 is 9.42 Å². The van der Waals surface area contributed by atoms with Crippen LogP contribution < -0.4 is 4.90 Å². The molecule has 3 aromatic rings. The minimum Gasteiger partial charge on any atom is -0.372 e. The first-order valence-electron chi connectivity index (χ1n) is 8.29. The maximum atomic E-state index is 5.31. The summed E-state index contributed by atoms with van der Waals surface area (Å²) < 4.78 is 5.31. The maximum absolute atomic E-state index is 5.31. The second kappa shape index (κ2) is 7.01. The Hall–Kier alpha value is -2.40. The zero-order valence-corrected chi connectivity index (χ0v) is 14.2. The average molecular weight is 337 g/mol. The van der Waals surface area contributed by atoms with Crippen molar-refractivity contribution in [1.82, 2.24) is 10.1 Å². The van der Waals surface area contributed by atoms with Crippen LogP contribution in [0.3, 0.4) is 0 Å². The number of benzene rings is 1. The lowest BCUT2D eigenvalue weighted by Crippen LogP contribution is -2.29. The number of rotatable bonds is 4. The summed E-state index contributed by atoms with van der Waals surface area (Å²) in [4.78, 5) is 8.06. The first-order chi connectivity index (χ1) is 11.9. The van der Waals surface area contributed by atoms with Crippen molar-refractivity contribution in [3.8, 4) is 11.4 Å². The SMILES string of the molecule is C(=C\c1cccs1)/c1nc(-c2ccc(N3CCCCC3)cc2)no1. The Labute approximate surface area is 145 Å². The fourth-order valence-electron chi connectivity index (χ4n) is 2.93. The van der Waals surface area contributed by atoms with Crippen molar-refractivity contribution in [3.63, 3.8) is 0 Å². The van der Waals surface area contributed by atoms with Gasteiger partial charge in [0.2, 0.25) is 5.82 Å². The van der Waals surface area contributed by atoms with E-state index in [2.05, 4.69) is 45.4 Å². The largest absolute Gasteiger partial charge is 0.372 e. The quantitative estimate of drug-likeness (QED) is 0.675. The van der Waals surface area contributed by atoms with E-state index >= 15 is 0 Å². The number of aromatic nitrogens is 2. The van der Waals surface area contributed by atoms with Gasteiger partial charge in [0.1, 0.15) is 0 Å². The summed E-state index contributed by atoms with van der Waals surface area (Å²) in [6.07, 6.45) is 7.75. The summed E-state index contributed by atoms with van der Waals surface area (Å²) in [5.41, 5.74) is 2.26. The molecule has 0 aliphatic carbocycles. The smallest absolute Gasteiger partial charge is 0.250 e. The van der Waals surface area contributed by atoms with Gasteiger partial charge in [-0.1, -0.05) is 11.2 Å². The second-order valence-electron chi connectivity index (χ2n) is 5.90. The number of nitrogens with zero attached hydrogens (tertiary/aromatic N) is 3. The van der Waals surface area contributed by atoms with Crippen molar-refractivity contribution < 1.29 is 4.52 Å². The van der Waals surface area contributed by atoms with E-state index in [9.17, 15) is 0 Å². The third kappa shape index (κ3) is 3.41. The van der Waals surface area contributed by atoms with Gasteiger partial charge in [0.25, 0.3) is 5.89 Å². The lowest BCUT2D eigenvalue weighted by molar-refractivity contribution is 0.411. The molecule has 0 radical (unpaired) electrons. The van der Waals surface area contributed by atoms with E-state index in [1.807, 2.05) is 23.6 Å². The molecule has 0 spiro atoms. The van der Waals surface area contributed by atoms with Crippen molar-refractivity contribution in [2.24, 2.45) is 0 Å². The number of thiophene rings is 1. The van der Waals surface area contributed by atoms with Gasteiger partial charge in [0.05, 0.1) is 0 Å². The van der Waals surface area contributed by atoms with Crippen LogP contribution >= 0.6 is 11.3 Å². The van der Waals surface area contributed by atoms with Crippen molar-refractivity contribution in [2.45, 2.75) is 19.3 Å². The van der Waals surface area contributed by atoms with Crippen LogP contribution in [0.25, 0.3) is 23.5 Å². The van der Waals surface area contributed by atoms with Crippen LogP contribution in [-0.2, 0) is 0 Å². The van der Waals surface area contributed by atoms with Crippen molar-refractivity contribution >= 4 is 29.2 Å². The molecule has 122 valence electrons. The minimum atomic E-state index is 0.526. The number of piperidine rings is 1. The Kier molecular flexibility index (Phi) is 4.42. The van der Waals surface area contributed by atoms with Gasteiger partial charge in [-0.25, -0.2) is 0 Å². The zero-order valence-electron chi connectivity index (χ0n) is 13.4. The van der Waals surface area contributed by atoms with Crippen molar-refractivity contribution in [2.75, 3.05) is 18.0 Å². The highest BCUT2D eigenvalue weighted by molar-refractivity contribution is 7.10. The Morgan fingerprint density at radius 3 is 2.58 bits per heavy atom. The normalized spacial score (nSPS) is 15.2. The van der Waals surface area contributed by atoms with Gasteiger partial charge in [0, 0.05) is 35.3 Å². The van der Waals surface area contributed by atoms with E-state index in [0.29, 0.717) is 11.7 Å². The highest BCUT2D eigenvalue weighted by Gasteiger charge is 2.12. The molecule has 0 atom stereocenters. The van der Waals surface area contributed by atoms with Gasteiger partial charge in [-0.3, -0.25) is 0 Å². The summed E-state index contributed by atoms with van der Waals surface area (Å²) in [5.74, 6) is 1.16. The molecule has 1 aliphatic rings. The van der Waals surface area contributed by atoms with Gasteiger partial charge in [-0.05, 0) is 61.1 Å². The molecule has 1 fully saturated rings. The molecule has 4 nitrogen and oxygen atoms in total. The van der Waals surface area contributed by atoms with E-state index in [-0.39, 0.29) is 0 Å². The second-order valence-corrected chi connectivity index (χ2v) is 6.88. The predicted octanol–water partition coefficient (Wildman–Crippen LogP) is 4.96. The van der Waals surface area contributed by atoms with Crippen molar-refractivity contribution in [3.05, 3.63) is 52.5 Å². The molecule has 4 rings (SSSR count). The van der Waals surface area contributed by atoms with Gasteiger partial charge >= 0.3 is 0 Å². The molecule has 24 heavy (non-hydrogen) atoms. The van der Waals surface area contributed by atoms with Gasteiger partial charge in [-0.2, -0.15) is 4.98 Å². The van der Waals surface area contributed by atoms with Crippen molar-refractivity contribution in [1.29, 1.82) is 0 Å². The molecule has 0 saturated carbocycles. The summed E-state index contributed by atoms with van der Waals surface area (Å²) in [7, 11) is 0. The molecular formula is C19H19N3OS. The molecule has 5 heteroatoms. The molecule has 1 aromatic carbocycles. The first-order valence-corrected chi connectivity index (χ1v) is 9.17. The van der Waals surface area contributed by atoms with Crippen LogP contribution in [0.1, 0.15) is 30.0 Å². The monoisotopic (exact) mass is 337 g/mol. The van der Waals surface area contributed by atoms with E-state index in [4.69, 9.17) is 4.52 Å². The Balaban J connectivity index is 1.47. The predicted molar refractivity (Wildman–Crippen MR) is 99.0 cm³/mol. The summed E-state index contributed by atoms with van der Waals surface area (Å²) in [6.45, 7) is 2.30. The molecule has 0 amide bonds. The zero-order chi connectivity index (χ0) is 16.2. The first kappa shape index (κ1) is 15.1. The lowest BCUT2D eigenvalue weighted by atomic mass is 10.1. The molecule has 1 saturated heterocycles. The number of hydrogen-bond acceptors (Lipinski definition) is 5. The van der Waals surface area contributed by atoms with Crippen LogP contribution in [0.5, 0.6) is 0 Å².